The highest BCUT2D eigenvalue weighted by molar-refractivity contribution is 5.79. The molecule has 1 rings (SSSR count). The molecule has 0 radical (unpaired) electrons. The summed E-state index contributed by atoms with van der Waals surface area (Å²) in [5.74, 6) is 0. The van der Waals surface area contributed by atoms with E-state index in [0.29, 0.717) is 6.54 Å². The fraction of sp³-hybridized carbons (Fsp3) is 0.222. The minimum Gasteiger partial charge on any atom is -0.394 e. The fourth-order valence-corrected chi connectivity index (χ4v) is 0.774. The van der Waals surface area contributed by atoms with Crippen molar-refractivity contribution < 1.29 is 5.11 Å². The Morgan fingerprint density at radius 3 is 2.75 bits per heavy atom. The first kappa shape index (κ1) is 8.74. The average molecular weight is 164 g/mol. The van der Waals surface area contributed by atoms with Crippen LogP contribution in [0.2, 0.25) is 0 Å². The summed E-state index contributed by atoms with van der Waals surface area (Å²) >= 11 is 0. The number of rotatable bonds is 4. The molecule has 3 nitrogen and oxygen atoms in total. The first-order valence-corrected chi connectivity index (χ1v) is 3.85. The summed E-state index contributed by atoms with van der Waals surface area (Å²) in [6, 6.07) is 9.79. The number of aliphatic hydroxyl groups is 1. The maximum absolute atomic E-state index is 8.43. The average Bonchev–Trinajstić information content (AvgIpc) is 2.14. The van der Waals surface area contributed by atoms with E-state index in [-0.39, 0.29) is 6.61 Å². The minimum atomic E-state index is 0.103. The summed E-state index contributed by atoms with van der Waals surface area (Å²) in [5.41, 5.74) is 3.75. The van der Waals surface area contributed by atoms with E-state index in [4.69, 9.17) is 5.11 Å². The Bertz CT molecular complexity index is 234. The van der Waals surface area contributed by atoms with Crippen molar-refractivity contribution in [3.8, 4) is 0 Å². The molecular weight excluding hydrogens is 152 g/mol. The van der Waals surface area contributed by atoms with Crippen molar-refractivity contribution in [3.05, 3.63) is 35.9 Å². The molecule has 1 aromatic rings. The Morgan fingerprint density at radius 1 is 1.33 bits per heavy atom. The summed E-state index contributed by atoms with van der Waals surface area (Å²) in [5, 5.41) is 12.3. The molecule has 0 aliphatic heterocycles. The van der Waals surface area contributed by atoms with Gasteiger partial charge in [-0.15, -0.1) is 0 Å². The Morgan fingerprint density at radius 2 is 2.08 bits per heavy atom. The molecule has 0 heterocycles. The van der Waals surface area contributed by atoms with Gasteiger partial charge < -0.3 is 10.5 Å². The van der Waals surface area contributed by atoms with E-state index in [1.54, 1.807) is 6.21 Å². The number of hydrogen-bond donors (Lipinski definition) is 2. The monoisotopic (exact) mass is 164 g/mol. The van der Waals surface area contributed by atoms with Crippen LogP contribution in [0.15, 0.2) is 35.4 Å². The van der Waals surface area contributed by atoms with Gasteiger partial charge in [0.25, 0.3) is 0 Å². The van der Waals surface area contributed by atoms with Crippen molar-refractivity contribution in [2.45, 2.75) is 0 Å². The molecule has 2 N–H and O–H groups in total. The number of nitrogens with one attached hydrogen (secondary N) is 1. The summed E-state index contributed by atoms with van der Waals surface area (Å²) in [4.78, 5) is 0. The molecule has 0 spiro atoms. The number of hydrazone groups is 1. The van der Waals surface area contributed by atoms with Gasteiger partial charge in [-0.2, -0.15) is 5.10 Å². The van der Waals surface area contributed by atoms with Crippen LogP contribution in [0.5, 0.6) is 0 Å². The van der Waals surface area contributed by atoms with Crippen LogP contribution >= 0.6 is 0 Å². The highest BCUT2D eigenvalue weighted by atomic mass is 16.3. The van der Waals surface area contributed by atoms with Crippen LogP contribution in [-0.4, -0.2) is 24.5 Å². The summed E-state index contributed by atoms with van der Waals surface area (Å²) < 4.78 is 0. The Kier molecular flexibility index (Phi) is 3.88. The van der Waals surface area contributed by atoms with Gasteiger partial charge in [0.2, 0.25) is 0 Å². The topological polar surface area (TPSA) is 44.6 Å². The van der Waals surface area contributed by atoms with E-state index in [0.717, 1.165) is 5.56 Å². The van der Waals surface area contributed by atoms with Crippen LogP contribution in [0, 0.1) is 0 Å². The molecule has 64 valence electrons. The van der Waals surface area contributed by atoms with E-state index >= 15 is 0 Å². The van der Waals surface area contributed by atoms with Crippen molar-refractivity contribution >= 4 is 6.21 Å². The van der Waals surface area contributed by atoms with E-state index in [1.165, 1.54) is 0 Å². The van der Waals surface area contributed by atoms with Gasteiger partial charge in [0.15, 0.2) is 0 Å². The molecule has 0 saturated carbocycles. The van der Waals surface area contributed by atoms with E-state index in [2.05, 4.69) is 10.5 Å². The van der Waals surface area contributed by atoms with Crippen LogP contribution in [0.25, 0.3) is 0 Å². The van der Waals surface area contributed by atoms with Gasteiger partial charge in [-0.3, -0.25) is 0 Å². The van der Waals surface area contributed by atoms with Gasteiger partial charge in [0.1, 0.15) is 0 Å². The molecule has 0 unspecified atom stereocenters. The summed E-state index contributed by atoms with van der Waals surface area (Å²) in [7, 11) is 0. The lowest BCUT2D eigenvalue weighted by Crippen LogP contribution is -2.11. The summed E-state index contributed by atoms with van der Waals surface area (Å²) in [6.45, 7) is 0.593. The predicted octanol–water partition coefficient (Wildman–Crippen LogP) is 0.602. The first-order chi connectivity index (χ1) is 5.93. The molecule has 0 bridgehead atoms. The van der Waals surface area contributed by atoms with Crippen molar-refractivity contribution in [2.75, 3.05) is 13.2 Å². The molecule has 0 aromatic heterocycles. The Hall–Kier alpha value is -1.35. The van der Waals surface area contributed by atoms with Gasteiger partial charge in [0, 0.05) is 0 Å². The highest BCUT2D eigenvalue weighted by Crippen LogP contribution is 1.92. The summed E-state index contributed by atoms with van der Waals surface area (Å²) in [6.07, 6.45) is 1.72. The van der Waals surface area contributed by atoms with Gasteiger partial charge in [-0.05, 0) is 5.56 Å². The second-order valence-electron chi connectivity index (χ2n) is 2.30. The van der Waals surface area contributed by atoms with Crippen molar-refractivity contribution in [1.29, 1.82) is 0 Å². The third-order valence-corrected chi connectivity index (χ3v) is 1.33. The largest absolute Gasteiger partial charge is 0.394 e. The Labute approximate surface area is 71.7 Å². The molecule has 0 atom stereocenters. The highest BCUT2D eigenvalue weighted by Gasteiger charge is 1.81. The quantitative estimate of drug-likeness (QED) is 0.389. The van der Waals surface area contributed by atoms with Gasteiger partial charge in [-0.25, -0.2) is 0 Å². The maximum atomic E-state index is 8.43. The SMILES string of the molecule is OCCN/N=C\c1ccccc1. The first-order valence-electron chi connectivity index (χ1n) is 3.85. The molecule has 3 heteroatoms. The molecule has 0 saturated heterocycles. The number of nitrogens with zero attached hydrogens (tertiary/aromatic N) is 1. The molecule has 0 fully saturated rings. The van der Waals surface area contributed by atoms with E-state index in [9.17, 15) is 0 Å². The minimum absolute atomic E-state index is 0.103. The molecule has 12 heavy (non-hydrogen) atoms. The van der Waals surface area contributed by atoms with Gasteiger partial charge >= 0.3 is 0 Å². The molecular formula is C9H12N2O. The van der Waals surface area contributed by atoms with Crippen LogP contribution in [-0.2, 0) is 0 Å². The number of aliphatic hydroxyl groups excluding tert-OH is 1. The van der Waals surface area contributed by atoms with Crippen molar-refractivity contribution in [3.63, 3.8) is 0 Å². The zero-order valence-electron chi connectivity index (χ0n) is 6.77. The molecule has 0 amide bonds. The lowest BCUT2D eigenvalue weighted by atomic mass is 10.2. The third kappa shape index (κ3) is 3.16. The molecule has 0 aliphatic carbocycles. The van der Waals surface area contributed by atoms with Crippen LogP contribution in [0.3, 0.4) is 0 Å². The van der Waals surface area contributed by atoms with Crippen LogP contribution in [0.4, 0.5) is 0 Å². The normalized spacial score (nSPS) is 10.4. The number of benzene rings is 1. The van der Waals surface area contributed by atoms with E-state index < -0.39 is 0 Å². The fourth-order valence-electron chi connectivity index (χ4n) is 0.774. The lowest BCUT2D eigenvalue weighted by molar-refractivity contribution is 0.294. The second-order valence-corrected chi connectivity index (χ2v) is 2.30. The zero-order chi connectivity index (χ0) is 8.65. The smallest absolute Gasteiger partial charge is 0.0620 e. The third-order valence-electron chi connectivity index (χ3n) is 1.33. The lowest BCUT2D eigenvalue weighted by Gasteiger charge is -1.94. The molecule has 1 aromatic carbocycles. The van der Waals surface area contributed by atoms with E-state index in [1.807, 2.05) is 30.3 Å². The standard InChI is InChI=1S/C9H12N2O/c12-7-6-10-11-8-9-4-2-1-3-5-9/h1-5,8,10,12H,6-7H2/b11-8-. The van der Waals surface area contributed by atoms with Crippen LogP contribution in [0.1, 0.15) is 5.56 Å². The van der Waals surface area contributed by atoms with Gasteiger partial charge in [0.05, 0.1) is 19.4 Å². The van der Waals surface area contributed by atoms with Gasteiger partial charge in [-0.1, -0.05) is 30.3 Å². The maximum Gasteiger partial charge on any atom is 0.0620 e. The predicted molar refractivity (Wildman–Crippen MR) is 49.1 cm³/mol. The van der Waals surface area contributed by atoms with Crippen molar-refractivity contribution in [2.24, 2.45) is 5.10 Å². The molecule has 0 aliphatic rings. The second kappa shape index (κ2) is 5.32. The Balaban J connectivity index is 2.36. The van der Waals surface area contributed by atoms with Crippen molar-refractivity contribution in [1.82, 2.24) is 5.43 Å². The van der Waals surface area contributed by atoms with Crippen LogP contribution < -0.4 is 5.43 Å². The zero-order valence-corrected chi connectivity index (χ0v) is 6.77. The number of hydrogen-bond acceptors (Lipinski definition) is 3.